The minimum absolute atomic E-state index is 0.133. The summed E-state index contributed by atoms with van der Waals surface area (Å²) in [5.41, 5.74) is -6.55. The Bertz CT molecular complexity index is 1610. The number of ether oxygens (including phenoxy) is 7. The summed E-state index contributed by atoms with van der Waals surface area (Å²) >= 11 is 0. The van der Waals surface area contributed by atoms with Gasteiger partial charge in [-0.1, -0.05) is 39.3 Å². The normalized spacial score (nSPS) is 44.5. The van der Waals surface area contributed by atoms with Crippen molar-refractivity contribution in [3.05, 3.63) is 11.6 Å². The lowest BCUT2D eigenvalue weighted by molar-refractivity contribution is -0.319. The fraction of sp³-hybridized carbons (Fsp3) is 0.800. The zero-order valence-electron chi connectivity index (χ0n) is 33.6. The molecule has 4 saturated carbocycles. The summed E-state index contributed by atoms with van der Waals surface area (Å²) < 4.78 is 42.5. The van der Waals surface area contributed by atoms with Crippen LogP contribution in [0.2, 0.25) is 0 Å². The van der Waals surface area contributed by atoms with Gasteiger partial charge < -0.3 is 38.3 Å². The molecule has 5 aliphatic rings. The fourth-order valence-electron chi connectivity index (χ4n) is 12.3. The van der Waals surface area contributed by atoms with Crippen LogP contribution in [0.25, 0.3) is 0 Å². The monoisotopic (exact) mass is 762 g/mol. The Labute approximate surface area is 317 Å². The van der Waals surface area contributed by atoms with Crippen molar-refractivity contribution in [1.29, 1.82) is 0 Å². The lowest BCUT2D eigenvalue weighted by Crippen LogP contribution is -2.81. The van der Waals surface area contributed by atoms with Gasteiger partial charge in [0, 0.05) is 46.5 Å². The van der Waals surface area contributed by atoms with E-state index in [2.05, 4.69) is 0 Å². The van der Waals surface area contributed by atoms with Crippen molar-refractivity contribution in [2.45, 2.75) is 156 Å². The highest BCUT2D eigenvalue weighted by Crippen LogP contribution is 2.76. The molecule has 0 radical (unpaired) electrons. The van der Waals surface area contributed by atoms with E-state index >= 15 is 0 Å². The summed E-state index contributed by atoms with van der Waals surface area (Å²) in [6, 6.07) is 0. The van der Waals surface area contributed by atoms with Crippen LogP contribution in [0.1, 0.15) is 108 Å². The Morgan fingerprint density at radius 2 is 1.43 bits per heavy atom. The summed E-state index contributed by atoms with van der Waals surface area (Å²) in [4.78, 5) is 79.2. The van der Waals surface area contributed by atoms with Gasteiger partial charge >= 0.3 is 35.8 Å². The molecule has 1 aliphatic heterocycles. The van der Waals surface area contributed by atoms with Crippen molar-refractivity contribution in [2.24, 2.45) is 39.9 Å². The van der Waals surface area contributed by atoms with E-state index in [1.807, 2.05) is 33.8 Å². The molecule has 14 nitrogen and oxygen atoms in total. The minimum atomic E-state index is -1.80. The number of esters is 6. The molecule has 0 amide bonds. The SMILES string of the molecule is CC/C=C1/C2(C)CCC3C(C(OC(C)=O)C(OC(C)=O)C4(C)C3(O)CC(C)C3OC34C(=O)OC)C2C(OC(C)=O)C(OC(C)=O)C1(CC)[C@@H](C)OC(C)=O. The Hall–Kier alpha value is -3.52. The maximum atomic E-state index is 13.9. The van der Waals surface area contributed by atoms with Crippen molar-refractivity contribution >= 4 is 35.8 Å². The van der Waals surface area contributed by atoms with Crippen LogP contribution >= 0.6 is 0 Å². The van der Waals surface area contributed by atoms with E-state index in [1.54, 1.807) is 13.8 Å². The van der Waals surface area contributed by atoms with Crippen molar-refractivity contribution < 1.29 is 67.0 Å². The second-order valence-corrected chi connectivity index (χ2v) is 16.6. The van der Waals surface area contributed by atoms with Crippen LogP contribution < -0.4 is 0 Å². The first-order valence-electron chi connectivity index (χ1n) is 19.2. The van der Waals surface area contributed by atoms with Gasteiger partial charge in [-0.2, -0.15) is 0 Å². The number of epoxide rings is 1. The van der Waals surface area contributed by atoms with Gasteiger partial charge in [0.25, 0.3) is 0 Å². The van der Waals surface area contributed by atoms with E-state index in [4.69, 9.17) is 33.2 Å². The van der Waals surface area contributed by atoms with Crippen molar-refractivity contribution in [1.82, 2.24) is 0 Å². The molecule has 5 rings (SSSR count). The van der Waals surface area contributed by atoms with E-state index in [1.165, 1.54) is 41.7 Å². The second kappa shape index (κ2) is 14.2. The Morgan fingerprint density at radius 3 is 1.93 bits per heavy atom. The van der Waals surface area contributed by atoms with Gasteiger partial charge in [0.05, 0.1) is 23.5 Å². The molecule has 1 saturated heterocycles. The van der Waals surface area contributed by atoms with Gasteiger partial charge in [-0.05, 0) is 63.2 Å². The Balaban J connectivity index is 1.89. The zero-order valence-corrected chi connectivity index (χ0v) is 33.6. The predicted molar refractivity (Wildman–Crippen MR) is 189 cm³/mol. The summed E-state index contributed by atoms with van der Waals surface area (Å²) in [7, 11) is 1.22. The Kier molecular flexibility index (Phi) is 11.0. The molecule has 1 heterocycles. The maximum absolute atomic E-state index is 13.9. The van der Waals surface area contributed by atoms with Crippen molar-refractivity contribution in [3.8, 4) is 0 Å². The van der Waals surface area contributed by atoms with Gasteiger partial charge in [-0.25, -0.2) is 4.79 Å². The second-order valence-electron chi connectivity index (χ2n) is 16.6. The van der Waals surface area contributed by atoms with Crippen LogP contribution in [0.3, 0.4) is 0 Å². The smallest absolute Gasteiger partial charge is 0.341 e. The van der Waals surface area contributed by atoms with Crippen LogP contribution in [0.15, 0.2) is 11.6 Å². The molecule has 54 heavy (non-hydrogen) atoms. The first kappa shape index (κ1) is 41.6. The van der Waals surface area contributed by atoms with Crippen LogP contribution in [-0.2, 0) is 61.9 Å². The highest BCUT2D eigenvalue weighted by atomic mass is 16.7. The van der Waals surface area contributed by atoms with Gasteiger partial charge in [-0.3, -0.25) is 24.0 Å². The molecule has 0 aromatic heterocycles. The number of fused-ring (bicyclic) bond motifs is 7. The average molecular weight is 763 g/mol. The highest BCUT2D eigenvalue weighted by Gasteiger charge is 2.89. The summed E-state index contributed by atoms with van der Waals surface area (Å²) in [6.07, 6.45) is -3.02. The molecular formula is C40H58O14. The number of rotatable bonds is 9. The fourth-order valence-corrected chi connectivity index (χ4v) is 12.3. The molecule has 0 aromatic rings. The molecule has 0 aromatic carbocycles. The van der Waals surface area contributed by atoms with Crippen LogP contribution in [-0.4, -0.2) is 95.9 Å². The van der Waals surface area contributed by atoms with Crippen LogP contribution in [0.5, 0.6) is 0 Å². The standard InChI is InChI=1S/C40H58O14/c1-13-15-27-36(10)17-16-26-28(29(36)31(51-23(7)43)34(53-25(9)45)38(27,14-2)20(4)49-21(5)41)30(50-22(6)42)33(52-24(8)44)37(11)39(26,47)18-19(3)32-40(37,54-32)35(46)48-12/h15,19-20,26,28-34,47H,13-14,16-18H2,1-12H3/b27-15-/t19?,20-,26?,28?,29?,30?,31?,32?,33?,34?,36?,37?,38?,39?,40?/m1/s1. The number of carbonyl (C=O) groups is 6. The predicted octanol–water partition coefficient (Wildman–Crippen LogP) is 4.16. The molecule has 14 heteroatoms. The molecule has 0 bridgehead atoms. The van der Waals surface area contributed by atoms with Crippen LogP contribution in [0, 0.1) is 39.9 Å². The number of hydrogen-bond acceptors (Lipinski definition) is 14. The molecule has 302 valence electrons. The van der Waals surface area contributed by atoms with Crippen molar-refractivity contribution in [2.75, 3.05) is 7.11 Å². The van der Waals surface area contributed by atoms with E-state index in [-0.39, 0.29) is 12.3 Å². The third-order valence-corrected chi connectivity index (χ3v) is 13.9. The molecule has 14 unspecified atom stereocenters. The van der Waals surface area contributed by atoms with E-state index in [0.29, 0.717) is 25.7 Å². The number of carbonyl (C=O) groups excluding carboxylic acids is 6. The number of aliphatic hydroxyl groups is 1. The van der Waals surface area contributed by atoms with Gasteiger partial charge in [0.15, 0.2) is 12.2 Å². The van der Waals surface area contributed by atoms with Gasteiger partial charge in [-0.15, -0.1) is 0 Å². The largest absolute Gasteiger partial charge is 0.467 e. The molecule has 5 fully saturated rings. The molecule has 4 aliphatic carbocycles. The molecule has 15 atom stereocenters. The quantitative estimate of drug-likeness (QED) is 0.152. The lowest BCUT2D eigenvalue weighted by atomic mass is 9.36. The summed E-state index contributed by atoms with van der Waals surface area (Å²) in [6.45, 7) is 17.3. The summed E-state index contributed by atoms with van der Waals surface area (Å²) in [5, 5.41) is 13.5. The van der Waals surface area contributed by atoms with Crippen LogP contribution in [0.4, 0.5) is 0 Å². The van der Waals surface area contributed by atoms with E-state index in [0.717, 1.165) is 5.57 Å². The minimum Gasteiger partial charge on any atom is -0.467 e. The van der Waals surface area contributed by atoms with Gasteiger partial charge in [0.2, 0.25) is 5.60 Å². The lowest BCUT2D eigenvalue weighted by Gasteiger charge is -2.70. The van der Waals surface area contributed by atoms with E-state index < -0.39 is 118 Å². The van der Waals surface area contributed by atoms with Gasteiger partial charge in [0.1, 0.15) is 24.4 Å². The third-order valence-electron chi connectivity index (χ3n) is 13.9. The molecule has 1 N–H and O–H groups in total. The Morgan fingerprint density at radius 1 is 0.870 bits per heavy atom. The zero-order chi connectivity index (χ0) is 40.5. The summed E-state index contributed by atoms with van der Waals surface area (Å²) in [5.74, 6) is -6.97. The van der Waals surface area contributed by atoms with Crippen molar-refractivity contribution in [3.63, 3.8) is 0 Å². The first-order chi connectivity index (χ1) is 25.1. The maximum Gasteiger partial charge on any atom is 0.341 e. The molecular weight excluding hydrogens is 704 g/mol. The first-order valence-corrected chi connectivity index (χ1v) is 19.2. The highest BCUT2D eigenvalue weighted by molar-refractivity contribution is 5.86. The number of methoxy groups -OCH3 is 1. The topological polar surface area (TPSA) is 191 Å². The number of allylic oxidation sites excluding steroid dienone is 1. The molecule has 0 spiro atoms. The third kappa shape index (κ3) is 5.70. The average Bonchev–Trinajstić information content (AvgIpc) is 3.84. The number of hydrogen-bond donors (Lipinski definition) is 1. The van der Waals surface area contributed by atoms with E-state index in [9.17, 15) is 33.9 Å².